The first kappa shape index (κ1) is 24.1. The zero-order valence-electron chi connectivity index (χ0n) is 20.2. The molecule has 0 atom stereocenters. The van der Waals surface area contributed by atoms with Gasteiger partial charge in [0.15, 0.2) is 0 Å². The van der Waals surface area contributed by atoms with Crippen LogP contribution in [0.1, 0.15) is 28.2 Å². The van der Waals surface area contributed by atoms with Gasteiger partial charge in [-0.05, 0) is 54.4 Å². The zero-order chi connectivity index (χ0) is 25.5. The highest BCUT2D eigenvalue weighted by atomic mass is 19.1. The molecule has 7 nitrogen and oxygen atoms in total. The number of hydrogen-bond acceptors (Lipinski definition) is 5. The number of aromatic amines is 1. The van der Waals surface area contributed by atoms with Gasteiger partial charge < -0.3 is 15.0 Å². The normalized spacial score (nSPS) is 10.9. The fourth-order valence-electron chi connectivity index (χ4n) is 3.98. The van der Waals surface area contributed by atoms with E-state index in [1.807, 2.05) is 30.3 Å². The molecule has 2 aromatic heterocycles. The predicted octanol–water partition coefficient (Wildman–Crippen LogP) is 5.14. The molecule has 2 heterocycles. The Bertz CT molecular complexity index is 1470. The Kier molecular flexibility index (Phi) is 7.45. The second-order valence-corrected chi connectivity index (χ2v) is 8.57. The maximum Gasteiger partial charge on any atom is 0.251 e. The van der Waals surface area contributed by atoms with Crippen molar-refractivity contribution in [1.29, 1.82) is 0 Å². The lowest BCUT2D eigenvalue weighted by atomic mass is 10.1. The van der Waals surface area contributed by atoms with Crippen molar-refractivity contribution >= 4 is 16.9 Å². The van der Waals surface area contributed by atoms with Crippen LogP contribution in [0.25, 0.3) is 22.3 Å². The molecule has 0 bridgehead atoms. The van der Waals surface area contributed by atoms with Gasteiger partial charge in [-0.15, -0.1) is 0 Å². The van der Waals surface area contributed by atoms with Gasteiger partial charge in [0.05, 0.1) is 17.6 Å². The molecule has 3 aromatic carbocycles. The van der Waals surface area contributed by atoms with E-state index in [2.05, 4.69) is 20.3 Å². The van der Waals surface area contributed by atoms with E-state index in [9.17, 15) is 9.18 Å². The number of nitrogens with one attached hydrogen (secondary N) is 2. The minimum Gasteiger partial charge on any atom is -0.476 e. The number of halogens is 1. The molecule has 1 amide bonds. The fourth-order valence-corrected chi connectivity index (χ4v) is 3.98. The summed E-state index contributed by atoms with van der Waals surface area (Å²) in [4.78, 5) is 29.4. The Hall–Kier alpha value is -4.59. The first-order valence-corrected chi connectivity index (χ1v) is 12.2. The van der Waals surface area contributed by atoms with Crippen LogP contribution in [0.15, 0.2) is 85.2 Å². The van der Waals surface area contributed by atoms with Gasteiger partial charge in [-0.2, -0.15) is 0 Å². The van der Waals surface area contributed by atoms with E-state index in [-0.39, 0.29) is 11.7 Å². The predicted molar refractivity (Wildman–Crippen MR) is 140 cm³/mol. The van der Waals surface area contributed by atoms with Crippen LogP contribution in [0.2, 0.25) is 0 Å². The van der Waals surface area contributed by atoms with Gasteiger partial charge >= 0.3 is 0 Å². The lowest BCUT2D eigenvalue weighted by Gasteiger charge is -2.12. The molecule has 0 spiro atoms. The number of benzene rings is 3. The van der Waals surface area contributed by atoms with Gasteiger partial charge in [0.1, 0.15) is 17.3 Å². The number of fused-ring (bicyclic) bond motifs is 1. The number of nitrogens with zero attached hydrogens (tertiary/aromatic N) is 3. The summed E-state index contributed by atoms with van der Waals surface area (Å²) in [6.45, 7) is 0.940. The minimum atomic E-state index is -0.338. The summed E-state index contributed by atoms with van der Waals surface area (Å²) in [6.07, 6.45) is 5.73. The van der Waals surface area contributed by atoms with Crippen LogP contribution in [0.3, 0.4) is 0 Å². The smallest absolute Gasteiger partial charge is 0.251 e. The van der Waals surface area contributed by atoms with Crippen molar-refractivity contribution in [3.8, 4) is 17.1 Å². The van der Waals surface area contributed by atoms with Crippen LogP contribution in [-0.2, 0) is 12.8 Å². The Balaban J connectivity index is 1.35. The van der Waals surface area contributed by atoms with Crippen molar-refractivity contribution in [2.45, 2.75) is 19.3 Å². The monoisotopic (exact) mass is 495 g/mol. The molecule has 0 unspecified atom stereocenters. The number of aryl methyl sites for hydroxylation is 1. The van der Waals surface area contributed by atoms with Gasteiger partial charge in [0.2, 0.25) is 5.88 Å². The first-order valence-electron chi connectivity index (χ1n) is 12.2. The van der Waals surface area contributed by atoms with Crippen LogP contribution < -0.4 is 10.1 Å². The third kappa shape index (κ3) is 6.16. The van der Waals surface area contributed by atoms with Crippen molar-refractivity contribution in [2.24, 2.45) is 0 Å². The molecule has 0 saturated carbocycles. The number of ether oxygens (including phenoxy) is 1. The Morgan fingerprint density at radius 1 is 0.946 bits per heavy atom. The largest absolute Gasteiger partial charge is 0.476 e. The van der Waals surface area contributed by atoms with Crippen molar-refractivity contribution in [3.05, 3.63) is 108 Å². The molecule has 2 N–H and O–H groups in total. The third-order valence-corrected chi connectivity index (χ3v) is 5.92. The maximum absolute atomic E-state index is 13.6. The van der Waals surface area contributed by atoms with E-state index in [0.29, 0.717) is 53.3 Å². The number of imidazole rings is 1. The van der Waals surface area contributed by atoms with Crippen molar-refractivity contribution in [3.63, 3.8) is 0 Å². The second-order valence-electron chi connectivity index (χ2n) is 8.57. The van der Waals surface area contributed by atoms with Crippen LogP contribution in [0.4, 0.5) is 4.39 Å². The van der Waals surface area contributed by atoms with Crippen molar-refractivity contribution < 1.29 is 13.9 Å². The number of amides is 1. The average molecular weight is 496 g/mol. The zero-order valence-corrected chi connectivity index (χ0v) is 20.2. The fraction of sp³-hybridized carbons (Fsp3) is 0.172. The quantitative estimate of drug-likeness (QED) is 0.262. The standard InChI is InChI=1S/C29H26FN5O2/c30-23-11-8-21(9-12-23)27-29(37-18-14-20-5-2-1-3-6-20)35-24-13-10-22(19-25(24)34-27)28(36)33-15-4-7-26-31-16-17-32-26/h1-3,5-6,8-13,16-17,19H,4,7,14-15,18H2,(H,31,32)(H,33,36). The average Bonchev–Trinajstić information content (AvgIpc) is 3.45. The van der Waals surface area contributed by atoms with E-state index in [1.165, 1.54) is 12.1 Å². The van der Waals surface area contributed by atoms with Crippen LogP contribution in [-0.4, -0.2) is 39.0 Å². The lowest BCUT2D eigenvalue weighted by Crippen LogP contribution is -2.24. The number of hydrogen-bond donors (Lipinski definition) is 2. The molecular formula is C29H26FN5O2. The molecule has 5 rings (SSSR count). The molecule has 0 aliphatic rings. The summed E-state index contributed by atoms with van der Waals surface area (Å²) in [5.74, 6) is 0.736. The van der Waals surface area contributed by atoms with Crippen LogP contribution in [0, 0.1) is 5.82 Å². The van der Waals surface area contributed by atoms with Gasteiger partial charge in [-0.3, -0.25) is 4.79 Å². The molecule has 186 valence electrons. The van der Waals surface area contributed by atoms with Gasteiger partial charge in [-0.1, -0.05) is 30.3 Å². The molecule has 8 heteroatoms. The first-order chi connectivity index (χ1) is 18.2. The molecule has 0 fully saturated rings. The summed E-state index contributed by atoms with van der Waals surface area (Å²) >= 11 is 0. The summed E-state index contributed by atoms with van der Waals surface area (Å²) in [5, 5.41) is 2.94. The number of H-pyrrole nitrogens is 1. The van der Waals surface area contributed by atoms with E-state index < -0.39 is 0 Å². The molecular weight excluding hydrogens is 469 g/mol. The number of aromatic nitrogens is 4. The molecule has 37 heavy (non-hydrogen) atoms. The van der Waals surface area contributed by atoms with Crippen molar-refractivity contribution in [2.75, 3.05) is 13.2 Å². The molecule has 0 aliphatic heterocycles. The highest BCUT2D eigenvalue weighted by Gasteiger charge is 2.15. The van der Waals surface area contributed by atoms with Crippen molar-refractivity contribution in [1.82, 2.24) is 25.3 Å². The SMILES string of the molecule is O=C(NCCCc1ncc[nH]1)c1ccc2nc(OCCc3ccccc3)c(-c3ccc(F)cc3)nc2c1. The van der Waals surface area contributed by atoms with E-state index in [0.717, 1.165) is 24.2 Å². The highest BCUT2D eigenvalue weighted by molar-refractivity contribution is 5.97. The van der Waals surface area contributed by atoms with Crippen LogP contribution in [0.5, 0.6) is 5.88 Å². The van der Waals surface area contributed by atoms with Crippen LogP contribution >= 0.6 is 0 Å². The molecule has 5 aromatic rings. The van der Waals surface area contributed by atoms with E-state index >= 15 is 0 Å². The van der Waals surface area contributed by atoms with Gasteiger partial charge in [0.25, 0.3) is 5.91 Å². The maximum atomic E-state index is 13.6. The lowest BCUT2D eigenvalue weighted by molar-refractivity contribution is 0.0953. The molecule has 0 radical (unpaired) electrons. The van der Waals surface area contributed by atoms with E-state index in [4.69, 9.17) is 9.72 Å². The van der Waals surface area contributed by atoms with Gasteiger partial charge in [0, 0.05) is 42.9 Å². The number of carbonyl (C=O) groups excluding carboxylic acids is 1. The second kappa shape index (κ2) is 11.4. The Morgan fingerprint density at radius 3 is 2.57 bits per heavy atom. The molecule has 0 aliphatic carbocycles. The highest BCUT2D eigenvalue weighted by Crippen LogP contribution is 2.29. The summed E-state index contributed by atoms with van der Waals surface area (Å²) in [5.41, 5.74) is 3.98. The topological polar surface area (TPSA) is 92.8 Å². The Morgan fingerprint density at radius 2 is 1.78 bits per heavy atom. The number of rotatable bonds is 10. The summed E-state index contributed by atoms with van der Waals surface area (Å²) in [6, 6.07) is 21.3. The third-order valence-electron chi connectivity index (χ3n) is 5.92. The molecule has 0 saturated heterocycles. The minimum absolute atomic E-state index is 0.185. The van der Waals surface area contributed by atoms with Gasteiger partial charge in [-0.25, -0.2) is 19.3 Å². The Labute approximate surface area is 213 Å². The van der Waals surface area contributed by atoms with E-state index in [1.54, 1.807) is 42.7 Å². The number of carbonyl (C=O) groups is 1. The summed E-state index contributed by atoms with van der Waals surface area (Å²) in [7, 11) is 0. The summed E-state index contributed by atoms with van der Waals surface area (Å²) < 4.78 is 19.6.